The van der Waals surface area contributed by atoms with Crippen molar-refractivity contribution >= 4 is 26.3 Å². The number of benzene rings is 2. The van der Waals surface area contributed by atoms with Crippen LogP contribution in [-0.2, 0) is 9.84 Å². The van der Waals surface area contributed by atoms with Gasteiger partial charge in [0.1, 0.15) is 12.4 Å². The summed E-state index contributed by atoms with van der Waals surface area (Å²) >= 11 is 1.55. The van der Waals surface area contributed by atoms with Crippen LogP contribution in [0.3, 0.4) is 0 Å². The largest absolute Gasteiger partial charge is 0.492 e. The zero-order valence-corrected chi connectivity index (χ0v) is 15.3. The minimum Gasteiger partial charge on any atom is -0.492 e. The molecule has 0 saturated heterocycles. The first-order valence-electron chi connectivity index (χ1n) is 7.70. The molecule has 0 aliphatic rings. The zero-order chi connectivity index (χ0) is 17.7. The van der Waals surface area contributed by atoms with Crippen molar-refractivity contribution in [2.24, 2.45) is 0 Å². The van der Waals surface area contributed by atoms with Crippen molar-refractivity contribution in [2.75, 3.05) is 24.7 Å². The van der Waals surface area contributed by atoms with Crippen LogP contribution < -0.4 is 10.1 Å². The summed E-state index contributed by atoms with van der Waals surface area (Å²) in [5.41, 5.74) is 2.04. The van der Waals surface area contributed by atoms with Gasteiger partial charge in [0.25, 0.3) is 0 Å². The van der Waals surface area contributed by atoms with Gasteiger partial charge in [-0.1, -0.05) is 30.3 Å². The van der Waals surface area contributed by atoms with Gasteiger partial charge in [0.15, 0.2) is 15.0 Å². The standard InChI is InChI=1S/C18H18N2O3S2/c1-25(21,22)16-9-7-15(8-10-16)23-12-11-19-18-20-17(13-24-18)14-5-3-2-4-6-14/h2-10,13H,11-12H2,1H3,(H,19,20). The van der Waals surface area contributed by atoms with Crippen LogP contribution in [0.15, 0.2) is 64.9 Å². The van der Waals surface area contributed by atoms with Gasteiger partial charge in [0, 0.05) is 17.2 Å². The molecule has 0 aliphatic heterocycles. The van der Waals surface area contributed by atoms with Crippen LogP contribution in [0.1, 0.15) is 0 Å². The van der Waals surface area contributed by atoms with Gasteiger partial charge in [-0.2, -0.15) is 0 Å². The fourth-order valence-electron chi connectivity index (χ4n) is 2.21. The summed E-state index contributed by atoms with van der Waals surface area (Å²) in [6.45, 7) is 1.06. The lowest BCUT2D eigenvalue weighted by atomic mass is 10.2. The number of thiazole rings is 1. The van der Waals surface area contributed by atoms with Gasteiger partial charge in [-0.05, 0) is 24.3 Å². The summed E-state index contributed by atoms with van der Waals surface area (Å²) < 4.78 is 28.4. The molecule has 1 N–H and O–H groups in total. The maximum atomic E-state index is 11.4. The van der Waals surface area contributed by atoms with Crippen LogP contribution in [0.4, 0.5) is 5.13 Å². The fourth-order valence-corrected chi connectivity index (χ4v) is 3.59. The highest BCUT2D eigenvalue weighted by atomic mass is 32.2. The quantitative estimate of drug-likeness (QED) is 0.639. The molecule has 0 radical (unpaired) electrons. The Balaban J connectivity index is 1.48. The number of nitrogens with one attached hydrogen (secondary N) is 1. The molecule has 25 heavy (non-hydrogen) atoms. The number of anilines is 1. The number of sulfone groups is 1. The lowest BCUT2D eigenvalue weighted by molar-refractivity contribution is 0.332. The molecular formula is C18H18N2O3S2. The third-order valence-corrected chi connectivity index (χ3v) is 5.40. The molecule has 3 aromatic rings. The second-order valence-electron chi connectivity index (χ2n) is 5.42. The summed E-state index contributed by atoms with van der Waals surface area (Å²) in [7, 11) is -3.18. The van der Waals surface area contributed by atoms with E-state index in [4.69, 9.17) is 4.74 Å². The van der Waals surface area contributed by atoms with Gasteiger partial charge in [0.2, 0.25) is 0 Å². The summed E-state index contributed by atoms with van der Waals surface area (Å²) in [6, 6.07) is 16.4. The van der Waals surface area contributed by atoms with Gasteiger partial charge in [-0.25, -0.2) is 13.4 Å². The number of ether oxygens (including phenoxy) is 1. The van der Waals surface area contributed by atoms with Crippen LogP contribution in [0.5, 0.6) is 5.75 Å². The van der Waals surface area contributed by atoms with Crippen molar-refractivity contribution in [1.29, 1.82) is 0 Å². The molecule has 3 rings (SSSR count). The lowest BCUT2D eigenvalue weighted by Gasteiger charge is -2.07. The van der Waals surface area contributed by atoms with E-state index in [9.17, 15) is 8.42 Å². The Kier molecular flexibility index (Phi) is 5.35. The molecular weight excluding hydrogens is 356 g/mol. The van der Waals surface area contributed by atoms with E-state index in [-0.39, 0.29) is 4.90 Å². The van der Waals surface area contributed by atoms with Crippen molar-refractivity contribution in [3.05, 3.63) is 60.0 Å². The second kappa shape index (κ2) is 7.67. The van der Waals surface area contributed by atoms with Crippen LogP contribution in [0.2, 0.25) is 0 Å². The van der Waals surface area contributed by atoms with E-state index in [0.717, 1.165) is 16.4 Å². The minimum absolute atomic E-state index is 0.286. The van der Waals surface area contributed by atoms with E-state index in [0.29, 0.717) is 18.9 Å². The monoisotopic (exact) mass is 374 g/mol. The molecule has 0 fully saturated rings. The third-order valence-electron chi connectivity index (χ3n) is 3.47. The number of aromatic nitrogens is 1. The number of nitrogens with zero attached hydrogens (tertiary/aromatic N) is 1. The van der Waals surface area contributed by atoms with E-state index < -0.39 is 9.84 Å². The van der Waals surface area contributed by atoms with E-state index in [1.165, 1.54) is 6.26 Å². The molecule has 0 bridgehead atoms. The summed E-state index contributed by atoms with van der Waals surface area (Å²) in [5, 5.41) is 6.09. The van der Waals surface area contributed by atoms with Crippen LogP contribution in [0, 0.1) is 0 Å². The first-order valence-corrected chi connectivity index (χ1v) is 10.5. The SMILES string of the molecule is CS(=O)(=O)c1ccc(OCCNc2nc(-c3ccccc3)cs2)cc1. The molecule has 1 heterocycles. The predicted molar refractivity (Wildman–Crippen MR) is 101 cm³/mol. The van der Waals surface area contributed by atoms with Gasteiger partial charge in [0.05, 0.1) is 17.1 Å². The number of hydrogen-bond donors (Lipinski definition) is 1. The van der Waals surface area contributed by atoms with Crippen LogP contribution >= 0.6 is 11.3 Å². The average Bonchev–Trinajstić information content (AvgIpc) is 3.08. The lowest BCUT2D eigenvalue weighted by Crippen LogP contribution is -2.11. The first-order chi connectivity index (χ1) is 12.0. The Hall–Kier alpha value is -2.38. The summed E-state index contributed by atoms with van der Waals surface area (Å²) in [6.07, 6.45) is 1.19. The normalized spacial score (nSPS) is 11.2. The molecule has 0 amide bonds. The Morgan fingerprint density at radius 3 is 2.48 bits per heavy atom. The average molecular weight is 374 g/mol. The molecule has 0 saturated carbocycles. The van der Waals surface area contributed by atoms with Crippen molar-refractivity contribution in [2.45, 2.75) is 4.90 Å². The second-order valence-corrected chi connectivity index (χ2v) is 8.30. The van der Waals surface area contributed by atoms with Gasteiger partial charge in [-0.3, -0.25) is 0 Å². The molecule has 0 spiro atoms. The van der Waals surface area contributed by atoms with Gasteiger partial charge in [-0.15, -0.1) is 11.3 Å². The Morgan fingerprint density at radius 2 is 1.80 bits per heavy atom. The molecule has 7 heteroatoms. The highest BCUT2D eigenvalue weighted by Gasteiger charge is 2.06. The Labute approximate surface area is 151 Å². The summed E-state index contributed by atoms with van der Waals surface area (Å²) in [5.74, 6) is 0.637. The number of rotatable bonds is 7. The molecule has 2 aromatic carbocycles. The number of hydrogen-bond acceptors (Lipinski definition) is 6. The minimum atomic E-state index is -3.18. The first kappa shape index (κ1) is 17.4. The fraction of sp³-hybridized carbons (Fsp3) is 0.167. The molecule has 5 nitrogen and oxygen atoms in total. The maximum Gasteiger partial charge on any atom is 0.183 e. The molecule has 130 valence electrons. The zero-order valence-electron chi connectivity index (χ0n) is 13.7. The Bertz CT molecular complexity index is 920. The molecule has 0 unspecified atom stereocenters. The van der Waals surface area contributed by atoms with Crippen LogP contribution in [-0.4, -0.2) is 32.8 Å². The molecule has 0 atom stereocenters. The van der Waals surface area contributed by atoms with Crippen molar-refractivity contribution in [1.82, 2.24) is 4.98 Å². The van der Waals surface area contributed by atoms with E-state index in [1.54, 1.807) is 35.6 Å². The summed E-state index contributed by atoms with van der Waals surface area (Å²) in [4.78, 5) is 4.84. The maximum absolute atomic E-state index is 11.4. The smallest absolute Gasteiger partial charge is 0.183 e. The van der Waals surface area contributed by atoms with E-state index >= 15 is 0 Å². The van der Waals surface area contributed by atoms with Crippen molar-refractivity contribution < 1.29 is 13.2 Å². The van der Waals surface area contributed by atoms with Gasteiger partial charge >= 0.3 is 0 Å². The highest BCUT2D eigenvalue weighted by Crippen LogP contribution is 2.24. The van der Waals surface area contributed by atoms with E-state index in [1.807, 2.05) is 35.7 Å². The predicted octanol–water partition coefficient (Wildman–Crippen LogP) is 3.70. The topological polar surface area (TPSA) is 68.3 Å². The molecule has 0 aliphatic carbocycles. The highest BCUT2D eigenvalue weighted by molar-refractivity contribution is 7.90. The van der Waals surface area contributed by atoms with Crippen molar-refractivity contribution in [3.8, 4) is 17.0 Å². The molecule has 1 aromatic heterocycles. The van der Waals surface area contributed by atoms with Gasteiger partial charge < -0.3 is 10.1 Å². The Morgan fingerprint density at radius 1 is 1.08 bits per heavy atom. The van der Waals surface area contributed by atoms with Crippen LogP contribution in [0.25, 0.3) is 11.3 Å². The van der Waals surface area contributed by atoms with Crippen molar-refractivity contribution in [3.63, 3.8) is 0 Å². The van der Waals surface area contributed by atoms with E-state index in [2.05, 4.69) is 10.3 Å². The third kappa shape index (κ3) is 4.80.